The van der Waals surface area contributed by atoms with Gasteiger partial charge in [-0.3, -0.25) is 9.78 Å². The van der Waals surface area contributed by atoms with Gasteiger partial charge in [-0.1, -0.05) is 54.6 Å². The van der Waals surface area contributed by atoms with Crippen LogP contribution in [0.1, 0.15) is 63.3 Å². The highest BCUT2D eigenvalue weighted by molar-refractivity contribution is 5.86. The van der Waals surface area contributed by atoms with Gasteiger partial charge in [0.2, 0.25) is 5.91 Å². The molecule has 2 aromatic carbocycles. The third kappa shape index (κ3) is 7.16. The predicted molar refractivity (Wildman–Crippen MR) is 164 cm³/mol. The van der Waals surface area contributed by atoms with Crippen molar-refractivity contribution in [2.75, 3.05) is 19.7 Å². The van der Waals surface area contributed by atoms with E-state index in [0.29, 0.717) is 32.4 Å². The van der Waals surface area contributed by atoms with Crippen LogP contribution in [-0.2, 0) is 20.7 Å². The van der Waals surface area contributed by atoms with Crippen molar-refractivity contribution in [1.29, 1.82) is 0 Å². The van der Waals surface area contributed by atoms with E-state index in [1.807, 2.05) is 63.2 Å². The quantitative estimate of drug-likeness (QED) is 0.383. The lowest BCUT2D eigenvalue weighted by atomic mass is 9.82. The fraction of sp³-hybridized carbons (Fsp3) is 0.412. The lowest BCUT2D eigenvalue weighted by Gasteiger charge is -2.43. The number of benzene rings is 2. The molecule has 9 nitrogen and oxygen atoms in total. The zero-order chi connectivity index (χ0) is 30.6. The number of nitrogens with zero attached hydrogens (tertiary/aromatic N) is 2. The normalized spacial score (nSPS) is 16.4. The van der Waals surface area contributed by atoms with E-state index in [1.165, 1.54) is 0 Å². The molecular formula is C34H40N4O5. The fourth-order valence-electron chi connectivity index (χ4n) is 5.89. The summed E-state index contributed by atoms with van der Waals surface area (Å²) in [6.45, 7) is 8.17. The first kappa shape index (κ1) is 30.1. The average molecular weight is 585 g/mol. The summed E-state index contributed by atoms with van der Waals surface area (Å²) in [6, 6.07) is 21.1. The van der Waals surface area contributed by atoms with E-state index in [2.05, 4.69) is 39.9 Å². The molecule has 226 valence electrons. The second-order valence-electron chi connectivity index (χ2n) is 12.4. The summed E-state index contributed by atoms with van der Waals surface area (Å²) in [4.78, 5) is 45.1. The van der Waals surface area contributed by atoms with Crippen LogP contribution in [0.5, 0.6) is 0 Å². The van der Waals surface area contributed by atoms with Crippen molar-refractivity contribution >= 4 is 18.1 Å². The van der Waals surface area contributed by atoms with Gasteiger partial charge in [0.25, 0.3) is 0 Å². The molecule has 43 heavy (non-hydrogen) atoms. The van der Waals surface area contributed by atoms with Crippen molar-refractivity contribution in [2.45, 2.75) is 70.1 Å². The Labute approximate surface area is 253 Å². The number of hydrogen-bond donors (Lipinski definition) is 2. The van der Waals surface area contributed by atoms with E-state index < -0.39 is 23.3 Å². The maximum absolute atomic E-state index is 13.4. The summed E-state index contributed by atoms with van der Waals surface area (Å²) in [5.74, 6) is -0.394. The molecule has 5 rings (SSSR count). The highest BCUT2D eigenvalue weighted by Crippen LogP contribution is 2.44. The van der Waals surface area contributed by atoms with Crippen LogP contribution < -0.4 is 10.6 Å². The Morgan fingerprint density at radius 2 is 1.56 bits per heavy atom. The van der Waals surface area contributed by atoms with Crippen molar-refractivity contribution in [2.24, 2.45) is 0 Å². The molecule has 9 heteroatoms. The number of alkyl carbamates (subject to hydrolysis) is 1. The maximum Gasteiger partial charge on any atom is 0.410 e. The van der Waals surface area contributed by atoms with Gasteiger partial charge in [0.05, 0.1) is 0 Å². The van der Waals surface area contributed by atoms with Gasteiger partial charge >= 0.3 is 12.2 Å². The number of ether oxygens (including phenoxy) is 2. The van der Waals surface area contributed by atoms with E-state index in [0.717, 1.165) is 27.9 Å². The molecule has 1 unspecified atom stereocenters. The van der Waals surface area contributed by atoms with Crippen LogP contribution in [0, 0.1) is 0 Å². The molecule has 1 saturated heterocycles. The average Bonchev–Trinajstić information content (AvgIpc) is 3.29. The Bertz CT molecular complexity index is 1420. The molecule has 2 N–H and O–H groups in total. The largest absolute Gasteiger partial charge is 0.449 e. The Hall–Kier alpha value is -4.40. The Kier molecular flexibility index (Phi) is 8.71. The first-order chi connectivity index (χ1) is 20.5. The van der Waals surface area contributed by atoms with Crippen molar-refractivity contribution in [3.05, 3.63) is 89.7 Å². The first-order valence-electron chi connectivity index (χ1n) is 14.8. The molecule has 1 fully saturated rings. The van der Waals surface area contributed by atoms with Crippen LogP contribution >= 0.6 is 0 Å². The number of hydrogen-bond acceptors (Lipinski definition) is 6. The van der Waals surface area contributed by atoms with Crippen LogP contribution in [-0.4, -0.2) is 64.9 Å². The molecule has 1 aliphatic carbocycles. The van der Waals surface area contributed by atoms with Gasteiger partial charge in [-0.15, -0.1) is 0 Å². The summed E-state index contributed by atoms with van der Waals surface area (Å²) >= 11 is 0. The minimum Gasteiger partial charge on any atom is -0.449 e. The summed E-state index contributed by atoms with van der Waals surface area (Å²) in [5, 5.41) is 5.89. The number of carbonyl (C=O) groups excluding carboxylic acids is 3. The number of aromatic nitrogens is 1. The van der Waals surface area contributed by atoms with Crippen LogP contribution in [0.4, 0.5) is 9.59 Å². The van der Waals surface area contributed by atoms with E-state index in [9.17, 15) is 14.4 Å². The van der Waals surface area contributed by atoms with Crippen LogP contribution in [0.2, 0.25) is 0 Å². The smallest absolute Gasteiger partial charge is 0.410 e. The molecule has 0 saturated carbocycles. The van der Waals surface area contributed by atoms with Crippen molar-refractivity contribution in [3.63, 3.8) is 0 Å². The molecule has 1 aliphatic heterocycles. The van der Waals surface area contributed by atoms with Gasteiger partial charge in [0.1, 0.15) is 18.2 Å². The highest BCUT2D eigenvalue weighted by atomic mass is 16.6. The van der Waals surface area contributed by atoms with Crippen LogP contribution in [0.3, 0.4) is 0 Å². The monoisotopic (exact) mass is 584 g/mol. The third-order valence-electron chi connectivity index (χ3n) is 8.08. The molecule has 0 spiro atoms. The van der Waals surface area contributed by atoms with Gasteiger partial charge in [-0.05, 0) is 74.9 Å². The highest BCUT2D eigenvalue weighted by Gasteiger charge is 2.40. The van der Waals surface area contributed by atoms with Crippen molar-refractivity contribution in [3.8, 4) is 11.1 Å². The molecule has 2 aliphatic rings. The molecule has 3 aromatic rings. The Balaban J connectivity index is 1.20. The second-order valence-corrected chi connectivity index (χ2v) is 12.4. The number of nitrogens with one attached hydrogen (secondary N) is 2. The molecule has 2 heterocycles. The van der Waals surface area contributed by atoms with Crippen molar-refractivity contribution in [1.82, 2.24) is 20.5 Å². The van der Waals surface area contributed by atoms with Crippen LogP contribution in [0.25, 0.3) is 11.1 Å². The molecule has 3 amide bonds. The molecular weight excluding hydrogens is 544 g/mol. The number of rotatable bonds is 7. The summed E-state index contributed by atoms with van der Waals surface area (Å²) in [5.41, 5.74) is 4.15. The molecule has 0 bridgehead atoms. The maximum atomic E-state index is 13.4. The third-order valence-corrected chi connectivity index (χ3v) is 8.08. The van der Waals surface area contributed by atoms with E-state index in [1.54, 1.807) is 18.0 Å². The van der Waals surface area contributed by atoms with Gasteiger partial charge in [-0.2, -0.15) is 0 Å². The summed E-state index contributed by atoms with van der Waals surface area (Å²) in [7, 11) is 0. The van der Waals surface area contributed by atoms with Gasteiger partial charge in [0.15, 0.2) is 0 Å². The lowest BCUT2D eigenvalue weighted by Crippen LogP contribution is -2.60. The zero-order valence-corrected chi connectivity index (χ0v) is 25.3. The molecule has 1 atom stereocenters. The fourth-order valence-corrected chi connectivity index (χ4v) is 5.89. The van der Waals surface area contributed by atoms with Crippen molar-refractivity contribution < 1.29 is 23.9 Å². The van der Waals surface area contributed by atoms with Gasteiger partial charge < -0.3 is 25.0 Å². The number of pyridine rings is 1. The number of amides is 3. The first-order valence-corrected chi connectivity index (χ1v) is 14.8. The van der Waals surface area contributed by atoms with Crippen LogP contribution in [0.15, 0.2) is 72.9 Å². The summed E-state index contributed by atoms with van der Waals surface area (Å²) < 4.78 is 11.2. The van der Waals surface area contributed by atoms with E-state index >= 15 is 0 Å². The number of piperidine rings is 1. The topological polar surface area (TPSA) is 110 Å². The van der Waals surface area contributed by atoms with E-state index in [-0.39, 0.29) is 24.5 Å². The number of fused-ring (bicyclic) bond motifs is 3. The molecule has 1 aromatic heterocycles. The van der Waals surface area contributed by atoms with Gasteiger partial charge in [0, 0.05) is 42.9 Å². The van der Waals surface area contributed by atoms with Gasteiger partial charge in [-0.25, -0.2) is 9.59 Å². The lowest BCUT2D eigenvalue weighted by molar-refractivity contribution is -0.125. The second kappa shape index (κ2) is 12.5. The Morgan fingerprint density at radius 1 is 0.953 bits per heavy atom. The zero-order valence-electron chi connectivity index (χ0n) is 25.3. The minimum absolute atomic E-state index is 0.0703. The standard InChI is InChI=1S/C34H40N4O5/c1-23(36-31(40)42-22-29-27-14-7-5-12-25(27)26-13-6-8-15-28(26)29)30(39)37-34(21-24-11-9-10-18-35-24)16-19-38(20-17-34)32(41)43-33(2,3)4/h5-15,18,23,29H,16-17,19-22H2,1-4H3,(H,36,40)(H,37,39). The SMILES string of the molecule is CC(NC(=O)OCC1c2ccccc2-c2ccccc21)C(=O)NC1(Cc2ccccn2)CCN(C(=O)OC(C)(C)C)CC1. The summed E-state index contributed by atoms with van der Waals surface area (Å²) in [6.07, 6.45) is 2.25. The molecule has 0 radical (unpaired) electrons. The Morgan fingerprint density at radius 3 is 2.14 bits per heavy atom. The predicted octanol–water partition coefficient (Wildman–Crippen LogP) is 5.44. The number of likely N-dealkylation sites (tertiary alicyclic amines) is 1. The van der Waals surface area contributed by atoms with E-state index in [4.69, 9.17) is 9.47 Å². The number of carbonyl (C=O) groups is 3. The minimum atomic E-state index is -0.833.